The maximum Gasteiger partial charge on any atom is 0.137 e. The summed E-state index contributed by atoms with van der Waals surface area (Å²) in [7, 11) is 0. The largest absolute Gasteiger partial charge is 0.492 e. The summed E-state index contributed by atoms with van der Waals surface area (Å²) in [5.74, 6) is 0.767. The Kier molecular flexibility index (Phi) is 5.29. The second kappa shape index (κ2) is 6.27. The lowest BCUT2D eigenvalue weighted by Crippen LogP contribution is -2.23. The van der Waals surface area contributed by atoms with Crippen LogP contribution in [0.3, 0.4) is 0 Å². The van der Waals surface area contributed by atoms with Crippen LogP contribution >= 0.6 is 11.6 Å². The van der Waals surface area contributed by atoms with Crippen molar-refractivity contribution in [1.82, 2.24) is 0 Å². The molecule has 0 amide bonds. The van der Waals surface area contributed by atoms with Gasteiger partial charge in [-0.25, -0.2) is 0 Å². The molecule has 17 heavy (non-hydrogen) atoms. The average molecular weight is 256 g/mol. The van der Waals surface area contributed by atoms with Crippen LogP contribution in [0, 0.1) is 12.3 Å². The molecule has 0 unspecified atom stereocenters. The zero-order valence-corrected chi connectivity index (χ0v) is 11.7. The quantitative estimate of drug-likeness (QED) is 0.785. The number of halogens is 1. The van der Waals surface area contributed by atoms with E-state index in [1.807, 2.05) is 25.1 Å². The summed E-state index contributed by atoms with van der Waals surface area (Å²) < 4.78 is 5.66. The molecule has 3 heteroatoms. The summed E-state index contributed by atoms with van der Waals surface area (Å²) in [4.78, 5) is 0. The second-order valence-corrected chi connectivity index (χ2v) is 5.66. The van der Waals surface area contributed by atoms with Crippen molar-refractivity contribution in [2.45, 2.75) is 33.6 Å². The highest BCUT2D eigenvalue weighted by molar-refractivity contribution is 6.32. The first-order chi connectivity index (χ1) is 7.94. The number of hydrogen-bond donors (Lipinski definition) is 1. The summed E-state index contributed by atoms with van der Waals surface area (Å²) in [6.07, 6.45) is 2.06. The number of aryl methyl sites for hydroxylation is 1. The Balaban J connectivity index is 2.36. The van der Waals surface area contributed by atoms with Crippen molar-refractivity contribution in [3.8, 4) is 5.75 Å². The van der Waals surface area contributed by atoms with E-state index in [0.29, 0.717) is 18.2 Å². The fourth-order valence-electron chi connectivity index (χ4n) is 1.56. The molecule has 0 saturated heterocycles. The number of benzene rings is 1. The topological polar surface area (TPSA) is 35.2 Å². The van der Waals surface area contributed by atoms with Gasteiger partial charge in [0.15, 0.2) is 0 Å². The van der Waals surface area contributed by atoms with E-state index >= 15 is 0 Å². The molecule has 0 aliphatic heterocycles. The van der Waals surface area contributed by atoms with Gasteiger partial charge in [-0.2, -0.15) is 0 Å². The second-order valence-electron chi connectivity index (χ2n) is 5.25. The third-order valence-corrected chi connectivity index (χ3v) is 3.19. The zero-order valence-electron chi connectivity index (χ0n) is 10.9. The van der Waals surface area contributed by atoms with E-state index in [1.165, 1.54) is 0 Å². The van der Waals surface area contributed by atoms with Gasteiger partial charge >= 0.3 is 0 Å². The van der Waals surface area contributed by atoms with Gasteiger partial charge in [-0.1, -0.05) is 31.5 Å². The Labute approximate surface area is 109 Å². The third kappa shape index (κ3) is 4.97. The predicted octanol–water partition coefficient (Wildman–Crippen LogP) is 3.79. The van der Waals surface area contributed by atoms with Crippen LogP contribution in [0.1, 0.15) is 32.3 Å². The lowest BCUT2D eigenvalue weighted by Gasteiger charge is -2.22. The Hall–Kier alpha value is -0.730. The van der Waals surface area contributed by atoms with E-state index < -0.39 is 0 Å². The minimum atomic E-state index is 0.195. The number of hydrogen-bond acceptors (Lipinski definition) is 2. The highest BCUT2D eigenvalue weighted by atomic mass is 35.5. The highest BCUT2D eigenvalue weighted by Gasteiger charge is 2.14. The Morgan fingerprint density at radius 1 is 1.35 bits per heavy atom. The smallest absolute Gasteiger partial charge is 0.137 e. The van der Waals surface area contributed by atoms with Crippen LogP contribution in [0.15, 0.2) is 18.2 Å². The van der Waals surface area contributed by atoms with Gasteiger partial charge in [0.2, 0.25) is 0 Å². The molecule has 0 aliphatic carbocycles. The van der Waals surface area contributed by atoms with Crippen LogP contribution < -0.4 is 10.5 Å². The summed E-state index contributed by atoms with van der Waals surface area (Å²) in [5.41, 5.74) is 7.02. The molecular formula is C14H22ClNO. The van der Waals surface area contributed by atoms with Gasteiger partial charge in [0, 0.05) is 0 Å². The number of nitrogens with two attached hydrogens (primary N) is 1. The molecule has 2 nitrogen and oxygen atoms in total. The highest BCUT2D eigenvalue weighted by Crippen LogP contribution is 2.26. The average Bonchev–Trinajstić information content (AvgIpc) is 2.27. The lowest BCUT2D eigenvalue weighted by atomic mass is 9.88. The van der Waals surface area contributed by atoms with Crippen LogP contribution in [0.2, 0.25) is 5.02 Å². The van der Waals surface area contributed by atoms with Gasteiger partial charge in [0.1, 0.15) is 5.75 Å². The predicted molar refractivity (Wildman–Crippen MR) is 73.8 cm³/mol. The van der Waals surface area contributed by atoms with Crippen molar-refractivity contribution in [2.24, 2.45) is 11.1 Å². The molecule has 0 spiro atoms. The molecule has 0 heterocycles. The van der Waals surface area contributed by atoms with E-state index in [2.05, 4.69) is 13.8 Å². The third-order valence-electron chi connectivity index (χ3n) is 2.90. The molecule has 96 valence electrons. The number of rotatable bonds is 6. The van der Waals surface area contributed by atoms with Gasteiger partial charge in [-0.3, -0.25) is 0 Å². The van der Waals surface area contributed by atoms with Crippen molar-refractivity contribution < 1.29 is 4.74 Å². The normalized spacial score (nSPS) is 11.6. The van der Waals surface area contributed by atoms with Gasteiger partial charge in [0.25, 0.3) is 0 Å². The van der Waals surface area contributed by atoms with Gasteiger partial charge in [0.05, 0.1) is 11.6 Å². The Morgan fingerprint density at radius 2 is 2.06 bits per heavy atom. The van der Waals surface area contributed by atoms with E-state index in [0.717, 1.165) is 24.2 Å². The Bertz CT molecular complexity index is 363. The number of ether oxygens (including phenoxy) is 1. The summed E-state index contributed by atoms with van der Waals surface area (Å²) in [5, 5.41) is 0.683. The minimum absolute atomic E-state index is 0.195. The molecule has 0 fully saturated rings. The molecule has 0 atom stereocenters. The maximum atomic E-state index is 6.08. The SMILES string of the molecule is Cc1ccc(OCCCC(C)(C)CN)c(Cl)c1. The van der Waals surface area contributed by atoms with Gasteiger partial charge < -0.3 is 10.5 Å². The summed E-state index contributed by atoms with van der Waals surface area (Å²) in [6.45, 7) is 7.75. The molecular weight excluding hydrogens is 234 g/mol. The van der Waals surface area contributed by atoms with Crippen molar-refractivity contribution in [1.29, 1.82) is 0 Å². The Morgan fingerprint density at radius 3 is 2.65 bits per heavy atom. The van der Waals surface area contributed by atoms with Crippen LogP contribution in [0.4, 0.5) is 0 Å². The standard InChI is InChI=1S/C14H22ClNO/c1-11-5-6-13(12(15)9-11)17-8-4-7-14(2,3)10-16/h5-6,9H,4,7-8,10,16H2,1-3H3. The molecule has 0 aliphatic rings. The van der Waals surface area contributed by atoms with Crippen LogP contribution in [0.5, 0.6) is 5.75 Å². The van der Waals surface area contributed by atoms with E-state index in [4.69, 9.17) is 22.1 Å². The first kappa shape index (κ1) is 14.3. The molecule has 1 rings (SSSR count). The molecule has 1 aromatic carbocycles. The van der Waals surface area contributed by atoms with Gasteiger partial charge in [-0.05, 0) is 49.4 Å². The fourth-order valence-corrected chi connectivity index (χ4v) is 1.85. The lowest BCUT2D eigenvalue weighted by molar-refractivity contribution is 0.261. The van der Waals surface area contributed by atoms with Crippen molar-refractivity contribution in [3.63, 3.8) is 0 Å². The maximum absolute atomic E-state index is 6.08. The van der Waals surface area contributed by atoms with Gasteiger partial charge in [-0.15, -0.1) is 0 Å². The molecule has 2 N–H and O–H groups in total. The molecule has 0 bridgehead atoms. The van der Waals surface area contributed by atoms with E-state index in [-0.39, 0.29) is 5.41 Å². The summed E-state index contributed by atoms with van der Waals surface area (Å²) in [6, 6.07) is 5.84. The first-order valence-corrected chi connectivity index (χ1v) is 6.41. The van der Waals surface area contributed by atoms with Crippen LogP contribution in [-0.2, 0) is 0 Å². The van der Waals surface area contributed by atoms with Crippen LogP contribution in [0.25, 0.3) is 0 Å². The fraction of sp³-hybridized carbons (Fsp3) is 0.571. The van der Waals surface area contributed by atoms with Crippen molar-refractivity contribution in [2.75, 3.05) is 13.2 Å². The van der Waals surface area contributed by atoms with Crippen molar-refractivity contribution >= 4 is 11.6 Å². The first-order valence-electron chi connectivity index (χ1n) is 6.04. The van der Waals surface area contributed by atoms with Crippen molar-refractivity contribution in [3.05, 3.63) is 28.8 Å². The molecule has 0 radical (unpaired) electrons. The van der Waals surface area contributed by atoms with E-state index in [9.17, 15) is 0 Å². The molecule has 0 saturated carbocycles. The molecule has 1 aromatic rings. The van der Waals surface area contributed by atoms with Crippen LogP contribution in [-0.4, -0.2) is 13.2 Å². The monoisotopic (exact) mass is 255 g/mol. The van der Waals surface area contributed by atoms with E-state index in [1.54, 1.807) is 0 Å². The summed E-state index contributed by atoms with van der Waals surface area (Å²) >= 11 is 6.08. The minimum Gasteiger partial charge on any atom is -0.492 e. The molecule has 0 aromatic heterocycles. The zero-order chi connectivity index (χ0) is 12.9.